The van der Waals surface area contributed by atoms with E-state index in [4.69, 9.17) is 28.4 Å². The van der Waals surface area contributed by atoms with Crippen LogP contribution < -0.4 is 0 Å². The molecule has 5 atom stereocenters. The molecule has 1 aliphatic rings. The molecule has 0 aliphatic carbocycles. The summed E-state index contributed by atoms with van der Waals surface area (Å²) in [7, 11) is 1.30. The van der Waals surface area contributed by atoms with Gasteiger partial charge in [0.25, 0.3) is 0 Å². The third-order valence-electron chi connectivity index (χ3n) is 7.25. The van der Waals surface area contributed by atoms with Crippen molar-refractivity contribution in [2.45, 2.75) is 30.7 Å². The summed E-state index contributed by atoms with van der Waals surface area (Å²) in [6.45, 7) is -0.452. The standard InChI is InChI=1S/C35H26Br4O10/c1-44-35-30(49-34(43)22-8-16-26(39)17-9-22)29(48-33(42)21-6-14-25(38)15-7-21)28(47-32(41)20-4-12-24(37)13-5-20)27(46-35)18-45-31(40)19-2-10-23(36)11-3-19/h2-17,27-30,35H,18H2,1H3/t27-,28-,29+,30-,35-/m1/s1. The lowest BCUT2D eigenvalue weighted by Crippen LogP contribution is -2.63. The molecule has 0 bridgehead atoms. The fourth-order valence-corrected chi connectivity index (χ4v) is 5.82. The van der Waals surface area contributed by atoms with Gasteiger partial charge in [-0.15, -0.1) is 0 Å². The molecule has 1 fully saturated rings. The van der Waals surface area contributed by atoms with Gasteiger partial charge in [-0.25, -0.2) is 19.2 Å². The van der Waals surface area contributed by atoms with Crippen LogP contribution in [0.2, 0.25) is 0 Å². The zero-order chi connectivity index (χ0) is 35.1. The smallest absolute Gasteiger partial charge is 0.338 e. The molecule has 4 aromatic carbocycles. The van der Waals surface area contributed by atoms with E-state index in [2.05, 4.69) is 63.7 Å². The predicted octanol–water partition coefficient (Wildman–Crippen LogP) is 7.94. The molecule has 0 amide bonds. The number of rotatable bonds is 10. The third-order valence-corrected chi connectivity index (χ3v) is 9.37. The highest BCUT2D eigenvalue weighted by molar-refractivity contribution is 9.11. The van der Waals surface area contributed by atoms with E-state index in [-0.39, 0.29) is 22.3 Å². The summed E-state index contributed by atoms with van der Waals surface area (Å²) in [6, 6.07) is 25.6. The molecule has 14 heteroatoms. The first kappa shape index (κ1) is 36.9. The summed E-state index contributed by atoms with van der Waals surface area (Å²) in [5.74, 6) is -3.08. The molecule has 0 aromatic heterocycles. The maximum absolute atomic E-state index is 13.6. The van der Waals surface area contributed by atoms with E-state index in [0.29, 0.717) is 0 Å². The fraction of sp³-hybridized carbons (Fsp3) is 0.200. The predicted molar refractivity (Wildman–Crippen MR) is 190 cm³/mol. The van der Waals surface area contributed by atoms with Crippen molar-refractivity contribution in [3.8, 4) is 0 Å². The number of carbonyl (C=O) groups is 4. The quantitative estimate of drug-likeness (QED) is 0.114. The van der Waals surface area contributed by atoms with Crippen LogP contribution in [0.25, 0.3) is 0 Å². The summed E-state index contributed by atoms with van der Waals surface area (Å²) < 4.78 is 38.1. The zero-order valence-corrected chi connectivity index (χ0v) is 31.8. The van der Waals surface area contributed by atoms with Crippen LogP contribution in [-0.2, 0) is 28.4 Å². The third kappa shape index (κ3) is 9.65. The lowest BCUT2D eigenvalue weighted by molar-refractivity contribution is -0.291. The second kappa shape index (κ2) is 17.0. The number of benzene rings is 4. The van der Waals surface area contributed by atoms with Crippen LogP contribution in [0.4, 0.5) is 0 Å². The van der Waals surface area contributed by atoms with Crippen molar-refractivity contribution in [3.63, 3.8) is 0 Å². The van der Waals surface area contributed by atoms with Gasteiger partial charge in [-0.05, 0) is 97.1 Å². The molecule has 10 nitrogen and oxygen atoms in total. The van der Waals surface area contributed by atoms with Gasteiger partial charge in [0, 0.05) is 25.0 Å². The normalized spacial score (nSPS) is 20.1. The van der Waals surface area contributed by atoms with Gasteiger partial charge in [0.15, 0.2) is 24.6 Å². The molecule has 254 valence electrons. The molecule has 0 spiro atoms. The molecular weight excluding hydrogens is 900 g/mol. The summed E-state index contributed by atoms with van der Waals surface area (Å²) in [5, 5.41) is 0. The van der Waals surface area contributed by atoms with Crippen LogP contribution in [0.1, 0.15) is 41.4 Å². The van der Waals surface area contributed by atoms with Gasteiger partial charge in [0.05, 0.1) is 22.3 Å². The van der Waals surface area contributed by atoms with Gasteiger partial charge in [-0.2, -0.15) is 0 Å². The Morgan fingerprint density at radius 1 is 0.510 bits per heavy atom. The van der Waals surface area contributed by atoms with E-state index >= 15 is 0 Å². The highest BCUT2D eigenvalue weighted by Crippen LogP contribution is 2.32. The highest BCUT2D eigenvalue weighted by Gasteiger charge is 2.53. The minimum absolute atomic E-state index is 0.165. The minimum atomic E-state index is -1.50. The van der Waals surface area contributed by atoms with E-state index in [1.807, 2.05) is 0 Å². The van der Waals surface area contributed by atoms with Crippen LogP contribution in [0.15, 0.2) is 115 Å². The Balaban J connectivity index is 1.51. The van der Waals surface area contributed by atoms with E-state index in [9.17, 15) is 19.2 Å². The topological polar surface area (TPSA) is 124 Å². The summed E-state index contributed by atoms with van der Waals surface area (Å²) in [5.41, 5.74) is 0.775. The molecule has 1 heterocycles. The number of hydrogen-bond acceptors (Lipinski definition) is 10. The summed E-state index contributed by atoms with van der Waals surface area (Å²) >= 11 is 13.4. The molecule has 49 heavy (non-hydrogen) atoms. The maximum atomic E-state index is 13.6. The number of halogens is 4. The van der Waals surface area contributed by atoms with Gasteiger partial charge in [0.1, 0.15) is 12.7 Å². The monoisotopic (exact) mass is 922 g/mol. The Kier molecular flexibility index (Phi) is 12.8. The van der Waals surface area contributed by atoms with Crippen LogP contribution in [0.5, 0.6) is 0 Å². The molecule has 1 saturated heterocycles. The van der Waals surface area contributed by atoms with Crippen molar-refractivity contribution in [3.05, 3.63) is 137 Å². The van der Waals surface area contributed by atoms with Crippen molar-refractivity contribution in [1.82, 2.24) is 0 Å². The molecular formula is C35H26Br4O10. The van der Waals surface area contributed by atoms with Gasteiger partial charge in [0.2, 0.25) is 0 Å². The van der Waals surface area contributed by atoms with Crippen LogP contribution in [-0.4, -0.2) is 68.3 Å². The van der Waals surface area contributed by atoms with E-state index < -0.39 is 61.2 Å². The second-order valence-electron chi connectivity index (χ2n) is 10.5. The van der Waals surface area contributed by atoms with E-state index in [1.54, 1.807) is 60.7 Å². The lowest BCUT2D eigenvalue weighted by Gasteiger charge is -2.44. The van der Waals surface area contributed by atoms with Crippen LogP contribution in [0, 0.1) is 0 Å². The molecule has 4 aromatic rings. The minimum Gasteiger partial charge on any atom is -0.459 e. The van der Waals surface area contributed by atoms with E-state index in [0.717, 1.165) is 17.9 Å². The molecule has 0 unspecified atom stereocenters. The van der Waals surface area contributed by atoms with Crippen molar-refractivity contribution in [2.75, 3.05) is 13.7 Å². The van der Waals surface area contributed by atoms with Crippen LogP contribution >= 0.6 is 63.7 Å². The molecule has 1 aliphatic heterocycles. The number of methoxy groups -OCH3 is 1. The zero-order valence-electron chi connectivity index (χ0n) is 25.4. The van der Waals surface area contributed by atoms with Gasteiger partial charge in [-0.1, -0.05) is 63.7 Å². The molecule has 5 rings (SSSR count). The number of carbonyl (C=O) groups excluding carboxylic acids is 4. The van der Waals surface area contributed by atoms with Gasteiger partial charge >= 0.3 is 23.9 Å². The van der Waals surface area contributed by atoms with Gasteiger partial charge < -0.3 is 28.4 Å². The Bertz CT molecular complexity index is 1780. The Hall–Kier alpha value is -3.40. The second-order valence-corrected chi connectivity index (χ2v) is 14.2. The molecule has 0 radical (unpaired) electrons. The molecule has 0 N–H and O–H groups in total. The first-order valence-electron chi connectivity index (χ1n) is 14.5. The SMILES string of the molecule is CO[C@@H]1O[C@H](COC(=O)c2ccc(Br)cc2)[C@@H](OC(=O)c2ccc(Br)cc2)[C@H](OC(=O)c2ccc(Br)cc2)[C@H]1OC(=O)c1ccc(Br)cc1. The van der Waals surface area contributed by atoms with Crippen molar-refractivity contribution >= 4 is 87.6 Å². The molecule has 0 saturated carbocycles. The first-order valence-corrected chi connectivity index (χ1v) is 17.7. The van der Waals surface area contributed by atoms with Crippen molar-refractivity contribution in [2.24, 2.45) is 0 Å². The summed E-state index contributed by atoms with van der Waals surface area (Å²) in [4.78, 5) is 53.5. The van der Waals surface area contributed by atoms with E-state index in [1.165, 1.54) is 43.5 Å². The highest BCUT2D eigenvalue weighted by atomic mass is 79.9. The van der Waals surface area contributed by atoms with Crippen LogP contribution in [0.3, 0.4) is 0 Å². The number of hydrogen-bond donors (Lipinski definition) is 0. The van der Waals surface area contributed by atoms with Crippen molar-refractivity contribution in [1.29, 1.82) is 0 Å². The first-order chi connectivity index (χ1) is 23.5. The Morgan fingerprint density at radius 3 is 1.20 bits per heavy atom. The van der Waals surface area contributed by atoms with Crippen molar-refractivity contribution < 1.29 is 47.6 Å². The average Bonchev–Trinajstić information content (AvgIpc) is 3.10. The Morgan fingerprint density at radius 2 is 0.837 bits per heavy atom. The maximum Gasteiger partial charge on any atom is 0.338 e. The van der Waals surface area contributed by atoms with Gasteiger partial charge in [-0.3, -0.25) is 0 Å². The Labute approximate surface area is 314 Å². The average molecular weight is 926 g/mol. The largest absolute Gasteiger partial charge is 0.459 e. The lowest BCUT2D eigenvalue weighted by atomic mass is 9.97. The fourth-order valence-electron chi connectivity index (χ4n) is 4.76. The summed E-state index contributed by atoms with van der Waals surface area (Å²) in [6.07, 6.45) is -6.98. The number of esters is 4. The number of ether oxygens (including phenoxy) is 6.